The molecule has 0 aliphatic carbocycles. The minimum Gasteiger partial charge on any atom is -0.353 e. The highest BCUT2D eigenvalue weighted by Gasteiger charge is 2.13. The van der Waals surface area contributed by atoms with Gasteiger partial charge >= 0.3 is 0 Å². The third-order valence-corrected chi connectivity index (χ3v) is 2.79. The van der Waals surface area contributed by atoms with Crippen LogP contribution in [0.4, 0.5) is 0 Å². The molecule has 0 rings (SSSR count). The summed E-state index contributed by atoms with van der Waals surface area (Å²) in [4.78, 5) is 11.4. The third kappa shape index (κ3) is 6.50. The average molecular weight is 214 g/mol. The van der Waals surface area contributed by atoms with Gasteiger partial charge in [0.2, 0.25) is 5.91 Å². The van der Waals surface area contributed by atoms with Crippen molar-refractivity contribution in [2.45, 2.75) is 59.5 Å². The van der Waals surface area contributed by atoms with Crippen LogP contribution in [0.1, 0.15) is 47.5 Å². The van der Waals surface area contributed by atoms with Gasteiger partial charge in [-0.05, 0) is 26.7 Å². The molecule has 0 saturated heterocycles. The second kappa shape index (κ2) is 7.69. The second-order valence-electron chi connectivity index (χ2n) is 4.47. The third-order valence-electron chi connectivity index (χ3n) is 2.79. The zero-order chi connectivity index (χ0) is 11.8. The Hall–Kier alpha value is -0.570. The van der Waals surface area contributed by atoms with Crippen molar-refractivity contribution in [3.63, 3.8) is 0 Å². The van der Waals surface area contributed by atoms with Gasteiger partial charge in [-0.15, -0.1) is 0 Å². The number of hydrogen-bond acceptors (Lipinski definition) is 2. The van der Waals surface area contributed by atoms with Crippen molar-refractivity contribution in [1.82, 2.24) is 10.6 Å². The molecule has 1 amide bonds. The van der Waals surface area contributed by atoms with E-state index in [1.165, 1.54) is 0 Å². The standard InChI is InChI=1S/C12H26N2O/c1-6-11(7-2)10(5)13-8-12(15)14-9(3)4/h9-11,13H,6-8H2,1-5H3,(H,14,15). The quantitative estimate of drug-likeness (QED) is 0.680. The van der Waals surface area contributed by atoms with Crippen LogP contribution in [0.25, 0.3) is 0 Å². The lowest BCUT2D eigenvalue weighted by atomic mass is 9.95. The van der Waals surface area contributed by atoms with Crippen LogP contribution in [0.2, 0.25) is 0 Å². The molecule has 2 N–H and O–H groups in total. The summed E-state index contributed by atoms with van der Waals surface area (Å²) >= 11 is 0. The maximum absolute atomic E-state index is 11.4. The van der Waals surface area contributed by atoms with Crippen LogP contribution in [0.3, 0.4) is 0 Å². The summed E-state index contributed by atoms with van der Waals surface area (Å²) in [7, 11) is 0. The minimum atomic E-state index is 0.0859. The van der Waals surface area contributed by atoms with Crippen LogP contribution in [0, 0.1) is 5.92 Å². The van der Waals surface area contributed by atoms with Crippen molar-refractivity contribution < 1.29 is 4.79 Å². The number of carbonyl (C=O) groups excluding carboxylic acids is 1. The molecular weight excluding hydrogens is 188 g/mol. The minimum absolute atomic E-state index is 0.0859. The fourth-order valence-corrected chi connectivity index (χ4v) is 1.79. The molecule has 15 heavy (non-hydrogen) atoms. The Balaban J connectivity index is 3.78. The van der Waals surface area contributed by atoms with Crippen LogP contribution < -0.4 is 10.6 Å². The van der Waals surface area contributed by atoms with Crippen LogP contribution in [-0.4, -0.2) is 24.5 Å². The average Bonchev–Trinajstić information content (AvgIpc) is 2.15. The number of nitrogens with one attached hydrogen (secondary N) is 2. The van der Waals surface area contributed by atoms with Gasteiger partial charge in [0.25, 0.3) is 0 Å². The number of carbonyl (C=O) groups is 1. The van der Waals surface area contributed by atoms with Gasteiger partial charge in [0.1, 0.15) is 0 Å². The van der Waals surface area contributed by atoms with Gasteiger partial charge in [-0.2, -0.15) is 0 Å². The molecule has 1 unspecified atom stereocenters. The number of hydrogen-bond donors (Lipinski definition) is 2. The molecule has 0 bridgehead atoms. The summed E-state index contributed by atoms with van der Waals surface area (Å²) in [6, 6.07) is 0.640. The van der Waals surface area contributed by atoms with E-state index >= 15 is 0 Å². The first kappa shape index (κ1) is 14.4. The molecule has 3 heteroatoms. The van der Waals surface area contributed by atoms with Gasteiger partial charge in [-0.3, -0.25) is 4.79 Å². The molecule has 90 valence electrons. The Bertz CT molecular complexity index is 176. The predicted octanol–water partition coefficient (Wildman–Crippen LogP) is 1.93. The first-order valence-corrected chi connectivity index (χ1v) is 6.03. The van der Waals surface area contributed by atoms with E-state index in [0.29, 0.717) is 18.5 Å². The van der Waals surface area contributed by atoms with E-state index in [-0.39, 0.29) is 11.9 Å². The van der Waals surface area contributed by atoms with E-state index in [9.17, 15) is 4.79 Å². The fourth-order valence-electron chi connectivity index (χ4n) is 1.79. The zero-order valence-corrected chi connectivity index (χ0v) is 10.8. The summed E-state index contributed by atoms with van der Waals surface area (Å²) < 4.78 is 0. The highest BCUT2D eigenvalue weighted by atomic mass is 16.1. The SMILES string of the molecule is CCC(CC)C(C)NCC(=O)NC(C)C. The zero-order valence-electron chi connectivity index (χ0n) is 10.8. The summed E-state index contributed by atoms with van der Waals surface area (Å²) in [5, 5.41) is 6.15. The maximum atomic E-state index is 11.4. The molecule has 0 aliphatic heterocycles. The van der Waals surface area contributed by atoms with Crippen molar-refractivity contribution in [2.24, 2.45) is 5.92 Å². The maximum Gasteiger partial charge on any atom is 0.234 e. The van der Waals surface area contributed by atoms with Gasteiger partial charge in [0.05, 0.1) is 6.54 Å². The van der Waals surface area contributed by atoms with Crippen molar-refractivity contribution in [3.8, 4) is 0 Å². The highest BCUT2D eigenvalue weighted by molar-refractivity contribution is 5.78. The summed E-state index contributed by atoms with van der Waals surface area (Å²) in [5.74, 6) is 0.750. The smallest absolute Gasteiger partial charge is 0.234 e. The van der Waals surface area contributed by atoms with E-state index in [1.54, 1.807) is 0 Å². The topological polar surface area (TPSA) is 41.1 Å². The van der Waals surface area contributed by atoms with E-state index < -0.39 is 0 Å². The Morgan fingerprint density at radius 3 is 2.07 bits per heavy atom. The van der Waals surface area contributed by atoms with Gasteiger partial charge < -0.3 is 10.6 Å². The van der Waals surface area contributed by atoms with Gasteiger partial charge in [0, 0.05) is 12.1 Å². The van der Waals surface area contributed by atoms with Crippen molar-refractivity contribution in [2.75, 3.05) is 6.54 Å². The Labute approximate surface area is 94.0 Å². The monoisotopic (exact) mass is 214 g/mol. The van der Waals surface area contributed by atoms with E-state index in [2.05, 4.69) is 31.4 Å². The van der Waals surface area contributed by atoms with Gasteiger partial charge in [-0.1, -0.05) is 26.7 Å². The van der Waals surface area contributed by atoms with Gasteiger partial charge in [-0.25, -0.2) is 0 Å². The molecule has 0 fully saturated rings. The lowest BCUT2D eigenvalue weighted by Crippen LogP contribution is -2.42. The molecule has 0 aromatic rings. The van der Waals surface area contributed by atoms with Crippen LogP contribution in [0.15, 0.2) is 0 Å². The number of rotatable bonds is 7. The number of amides is 1. The molecule has 0 aromatic heterocycles. The van der Waals surface area contributed by atoms with Crippen molar-refractivity contribution in [1.29, 1.82) is 0 Å². The molecular formula is C12H26N2O. The Morgan fingerprint density at radius 1 is 1.13 bits per heavy atom. The lowest BCUT2D eigenvalue weighted by molar-refractivity contribution is -0.120. The van der Waals surface area contributed by atoms with E-state index in [4.69, 9.17) is 0 Å². The molecule has 0 aliphatic rings. The van der Waals surface area contributed by atoms with Gasteiger partial charge in [0.15, 0.2) is 0 Å². The molecule has 0 heterocycles. The Kier molecular flexibility index (Phi) is 7.39. The Morgan fingerprint density at radius 2 is 1.67 bits per heavy atom. The van der Waals surface area contributed by atoms with Crippen LogP contribution in [0.5, 0.6) is 0 Å². The molecule has 0 saturated carbocycles. The molecule has 0 aromatic carbocycles. The summed E-state index contributed by atoms with van der Waals surface area (Å²) in [5.41, 5.74) is 0. The second-order valence-corrected chi connectivity index (χ2v) is 4.47. The van der Waals surface area contributed by atoms with Crippen LogP contribution in [-0.2, 0) is 4.79 Å². The van der Waals surface area contributed by atoms with Crippen molar-refractivity contribution >= 4 is 5.91 Å². The molecule has 0 spiro atoms. The molecule has 3 nitrogen and oxygen atoms in total. The molecule has 1 atom stereocenters. The van der Waals surface area contributed by atoms with E-state index in [0.717, 1.165) is 12.8 Å². The fraction of sp³-hybridized carbons (Fsp3) is 0.917. The highest BCUT2D eigenvalue weighted by Crippen LogP contribution is 2.11. The first-order chi connectivity index (χ1) is 7.01. The molecule has 0 radical (unpaired) electrons. The van der Waals surface area contributed by atoms with Crippen molar-refractivity contribution in [3.05, 3.63) is 0 Å². The van der Waals surface area contributed by atoms with Crippen LogP contribution >= 0.6 is 0 Å². The first-order valence-electron chi connectivity index (χ1n) is 6.03. The van der Waals surface area contributed by atoms with E-state index in [1.807, 2.05) is 13.8 Å². The summed E-state index contributed by atoms with van der Waals surface area (Å²) in [6.45, 7) is 10.9. The normalized spacial score (nSPS) is 13.3. The summed E-state index contributed by atoms with van der Waals surface area (Å²) in [6.07, 6.45) is 2.33. The predicted molar refractivity (Wildman–Crippen MR) is 64.8 cm³/mol. The lowest BCUT2D eigenvalue weighted by Gasteiger charge is -2.22. The largest absolute Gasteiger partial charge is 0.353 e.